The number of alkyl halides is 4. The van der Waals surface area contributed by atoms with Crippen LogP contribution in [-0.4, -0.2) is 8.07 Å². The van der Waals surface area contributed by atoms with Crippen LogP contribution in [0.5, 0.6) is 0 Å². The Labute approximate surface area is 75.2 Å². The molecule has 1 unspecified atom stereocenters. The highest BCUT2D eigenvalue weighted by molar-refractivity contribution is 9.25. The molecule has 0 amide bonds. The van der Waals surface area contributed by atoms with E-state index in [9.17, 15) is 0 Å². The zero-order valence-electron chi connectivity index (χ0n) is 3.87. The first-order valence-electron chi connectivity index (χ1n) is 2.20. The molecule has 0 radical (unpaired) electrons. The Balaban J connectivity index is 2.37. The van der Waals surface area contributed by atoms with Crippen LogP contribution in [-0.2, 0) is 0 Å². The van der Waals surface area contributed by atoms with Crippen molar-refractivity contribution in [3.63, 3.8) is 0 Å². The third-order valence-electron chi connectivity index (χ3n) is 1.18. The first kappa shape index (κ1) is 7.64. The molecule has 1 aliphatic carbocycles. The van der Waals surface area contributed by atoms with Crippen molar-refractivity contribution in [2.24, 2.45) is 5.92 Å². The van der Waals surface area contributed by atoms with Gasteiger partial charge in [0.2, 0.25) is 0 Å². The molecule has 0 saturated heterocycles. The second kappa shape index (κ2) is 2.30. The SMILES string of the molecule is ClC(Cl)C1CC1(Br)Br. The summed E-state index contributed by atoms with van der Waals surface area (Å²) >= 11 is 17.9. The maximum Gasteiger partial charge on any atom is 0.112 e. The van der Waals surface area contributed by atoms with E-state index in [-0.39, 0.29) is 8.07 Å². The van der Waals surface area contributed by atoms with Gasteiger partial charge in [0.05, 0.1) is 3.23 Å². The summed E-state index contributed by atoms with van der Waals surface area (Å²) in [6.07, 6.45) is 1.02. The summed E-state index contributed by atoms with van der Waals surface area (Å²) in [5, 5.41) is 0. The van der Waals surface area contributed by atoms with Gasteiger partial charge < -0.3 is 0 Å². The van der Waals surface area contributed by atoms with E-state index < -0.39 is 0 Å². The fourth-order valence-corrected chi connectivity index (χ4v) is 2.95. The van der Waals surface area contributed by atoms with E-state index in [0.717, 1.165) is 6.42 Å². The second-order valence-corrected chi connectivity index (χ2v) is 6.96. The van der Waals surface area contributed by atoms with Crippen molar-refractivity contribution in [1.29, 1.82) is 0 Å². The van der Waals surface area contributed by atoms with E-state index in [1.807, 2.05) is 0 Å². The van der Waals surface area contributed by atoms with Crippen LogP contribution < -0.4 is 0 Å². The lowest BCUT2D eigenvalue weighted by Crippen LogP contribution is -1.96. The molecule has 1 saturated carbocycles. The smallest absolute Gasteiger partial charge is 0.105 e. The van der Waals surface area contributed by atoms with Gasteiger partial charge in [-0.15, -0.1) is 23.2 Å². The van der Waals surface area contributed by atoms with Crippen LogP contribution >= 0.6 is 55.1 Å². The van der Waals surface area contributed by atoms with E-state index in [1.54, 1.807) is 0 Å². The predicted octanol–water partition coefficient (Wildman–Crippen LogP) is 3.30. The van der Waals surface area contributed by atoms with E-state index in [1.165, 1.54) is 0 Å². The highest BCUT2D eigenvalue weighted by atomic mass is 79.9. The molecule has 0 heterocycles. The van der Waals surface area contributed by atoms with Gasteiger partial charge in [0.1, 0.15) is 4.84 Å². The van der Waals surface area contributed by atoms with Gasteiger partial charge in [-0.2, -0.15) is 0 Å². The molecule has 0 aromatic rings. The molecular formula is C4H4Br2Cl2. The number of halogens is 4. The molecule has 1 rings (SSSR count). The molecule has 8 heavy (non-hydrogen) atoms. The van der Waals surface area contributed by atoms with Crippen LogP contribution in [0.25, 0.3) is 0 Å². The standard InChI is InChI=1S/C4H4Br2Cl2/c5-4(6)1-2(4)3(7)8/h2-3H,1H2. The fourth-order valence-electron chi connectivity index (χ4n) is 0.508. The Hall–Kier alpha value is 1.54. The minimum absolute atomic E-state index is 0.0498. The second-order valence-electron chi connectivity index (χ2n) is 1.91. The lowest BCUT2D eigenvalue weighted by Gasteiger charge is -1.97. The van der Waals surface area contributed by atoms with E-state index >= 15 is 0 Å². The Bertz CT molecular complexity index is 102. The van der Waals surface area contributed by atoms with Crippen molar-refractivity contribution in [1.82, 2.24) is 0 Å². The first-order chi connectivity index (χ1) is 3.54. The molecule has 1 aliphatic rings. The highest BCUT2D eigenvalue weighted by Gasteiger charge is 2.53. The van der Waals surface area contributed by atoms with Crippen molar-refractivity contribution in [3.05, 3.63) is 0 Å². The van der Waals surface area contributed by atoms with Crippen molar-refractivity contribution in [2.45, 2.75) is 14.5 Å². The summed E-state index contributed by atoms with van der Waals surface area (Å²) < 4.78 is 0.0498. The summed E-state index contributed by atoms with van der Waals surface area (Å²) in [7, 11) is 0. The molecule has 1 fully saturated rings. The maximum absolute atomic E-state index is 5.57. The Kier molecular flexibility index (Phi) is 2.19. The molecule has 4 heteroatoms. The Morgan fingerprint density at radius 2 is 1.88 bits per heavy atom. The average Bonchev–Trinajstić information content (AvgIpc) is 2.13. The lowest BCUT2D eigenvalue weighted by atomic mass is 10.5. The van der Waals surface area contributed by atoms with Gasteiger partial charge in [-0.25, -0.2) is 0 Å². The van der Waals surface area contributed by atoms with Crippen molar-refractivity contribution in [2.75, 3.05) is 0 Å². The van der Waals surface area contributed by atoms with Gasteiger partial charge in [-0.1, -0.05) is 31.9 Å². The summed E-state index contributed by atoms with van der Waals surface area (Å²) in [5.74, 6) is 0.380. The summed E-state index contributed by atoms with van der Waals surface area (Å²) in [6.45, 7) is 0. The molecule has 0 nitrogen and oxygen atoms in total. The molecule has 48 valence electrons. The summed E-state index contributed by atoms with van der Waals surface area (Å²) in [6, 6.07) is 0. The maximum atomic E-state index is 5.57. The Morgan fingerprint density at radius 1 is 1.50 bits per heavy atom. The van der Waals surface area contributed by atoms with Gasteiger partial charge in [0, 0.05) is 5.92 Å². The minimum Gasteiger partial charge on any atom is -0.105 e. The van der Waals surface area contributed by atoms with Gasteiger partial charge in [0.25, 0.3) is 0 Å². The minimum atomic E-state index is -0.242. The summed E-state index contributed by atoms with van der Waals surface area (Å²) in [4.78, 5) is -0.242. The zero-order valence-corrected chi connectivity index (χ0v) is 8.56. The normalized spacial score (nSPS) is 33.4. The van der Waals surface area contributed by atoms with Gasteiger partial charge in [0.15, 0.2) is 0 Å². The molecule has 0 spiro atoms. The van der Waals surface area contributed by atoms with Crippen LogP contribution in [0.1, 0.15) is 6.42 Å². The Morgan fingerprint density at radius 3 is 1.88 bits per heavy atom. The van der Waals surface area contributed by atoms with Crippen LogP contribution in [0, 0.1) is 5.92 Å². The van der Waals surface area contributed by atoms with E-state index in [2.05, 4.69) is 31.9 Å². The topological polar surface area (TPSA) is 0 Å². The average molecular weight is 283 g/mol. The fraction of sp³-hybridized carbons (Fsp3) is 1.00. The summed E-state index contributed by atoms with van der Waals surface area (Å²) in [5.41, 5.74) is 0. The van der Waals surface area contributed by atoms with Gasteiger partial charge >= 0.3 is 0 Å². The van der Waals surface area contributed by atoms with Crippen LogP contribution in [0.15, 0.2) is 0 Å². The molecule has 0 bridgehead atoms. The van der Waals surface area contributed by atoms with Crippen LogP contribution in [0.4, 0.5) is 0 Å². The van der Waals surface area contributed by atoms with Crippen LogP contribution in [0.2, 0.25) is 0 Å². The van der Waals surface area contributed by atoms with Crippen molar-refractivity contribution >= 4 is 55.1 Å². The molecule has 0 aromatic heterocycles. The number of rotatable bonds is 1. The quantitative estimate of drug-likeness (QED) is 0.648. The lowest BCUT2D eigenvalue weighted by molar-refractivity contribution is 0.934. The van der Waals surface area contributed by atoms with Crippen molar-refractivity contribution < 1.29 is 0 Å². The van der Waals surface area contributed by atoms with Crippen molar-refractivity contribution in [3.8, 4) is 0 Å². The molecular weight excluding hydrogens is 279 g/mol. The van der Waals surface area contributed by atoms with E-state index in [0.29, 0.717) is 5.92 Å². The first-order valence-corrected chi connectivity index (χ1v) is 4.66. The molecule has 0 aliphatic heterocycles. The monoisotopic (exact) mass is 280 g/mol. The molecule has 0 aromatic carbocycles. The third kappa shape index (κ3) is 1.53. The van der Waals surface area contributed by atoms with E-state index in [4.69, 9.17) is 23.2 Å². The highest BCUT2D eigenvalue weighted by Crippen LogP contribution is 2.59. The zero-order chi connectivity index (χ0) is 6.36. The van der Waals surface area contributed by atoms with Crippen LogP contribution in [0.3, 0.4) is 0 Å². The largest absolute Gasteiger partial charge is 0.112 e. The van der Waals surface area contributed by atoms with Gasteiger partial charge in [-0.3, -0.25) is 0 Å². The van der Waals surface area contributed by atoms with Gasteiger partial charge in [-0.05, 0) is 6.42 Å². The molecule has 0 N–H and O–H groups in total. The predicted molar refractivity (Wildman–Crippen MR) is 44.2 cm³/mol. The third-order valence-corrected chi connectivity index (χ3v) is 3.61. The molecule has 1 atom stereocenters. The number of hydrogen-bond acceptors (Lipinski definition) is 0. The number of hydrogen-bond donors (Lipinski definition) is 0.